The van der Waals surface area contributed by atoms with E-state index in [0.29, 0.717) is 0 Å². The zero-order valence-electron chi connectivity index (χ0n) is 9.69. The minimum Gasteiger partial charge on any atom is -0.305 e. The largest absolute Gasteiger partial charge is 0.305 e. The maximum absolute atomic E-state index is 2.47. The average molecular weight is 204 g/mol. The first-order valence-electron chi connectivity index (χ1n) is 5.68. The molecule has 0 radical (unpaired) electrons. The number of likely N-dealkylation sites (N-methyl/N-ethyl adjacent to an activating group) is 2. The third-order valence-corrected chi connectivity index (χ3v) is 3.26. The second-order valence-corrected chi connectivity index (χ2v) is 4.61. The highest BCUT2D eigenvalue weighted by Gasteiger charge is 2.22. The third kappa shape index (κ3) is 2.80. The van der Waals surface area contributed by atoms with Crippen molar-refractivity contribution < 1.29 is 0 Å². The Morgan fingerprint density at radius 2 is 2.07 bits per heavy atom. The molecule has 1 fully saturated rings. The molecule has 2 rings (SSSR count). The Balaban J connectivity index is 1.90. The van der Waals surface area contributed by atoms with Crippen LogP contribution >= 0.6 is 0 Å². The first kappa shape index (κ1) is 10.7. The van der Waals surface area contributed by atoms with Crippen LogP contribution in [-0.2, 0) is 6.54 Å². The second-order valence-electron chi connectivity index (χ2n) is 4.61. The van der Waals surface area contributed by atoms with Gasteiger partial charge in [0.05, 0.1) is 0 Å². The van der Waals surface area contributed by atoms with Crippen LogP contribution in [0.4, 0.5) is 0 Å². The normalized spacial score (nSPS) is 22.5. The minimum absolute atomic E-state index is 0.732. The van der Waals surface area contributed by atoms with Crippen LogP contribution in [0.15, 0.2) is 30.3 Å². The van der Waals surface area contributed by atoms with Crippen molar-refractivity contribution in [1.29, 1.82) is 0 Å². The van der Waals surface area contributed by atoms with E-state index in [4.69, 9.17) is 0 Å². The zero-order chi connectivity index (χ0) is 10.7. The Morgan fingerprint density at radius 3 is 2.67 bits per heavy atom. The molecule has 0 aliphatic carbocycles. The van der Waals surface area contributed by atoms with Crippen LogP contribution in [0.5, 0.6) is 0 Å². The molecule has 0 spiro atoms. The number of benzene rings is 1. The fourth-order valence-electron chi connectivity index (χ4n) is 2.27. The number of nitrogens with zero attached hydrogens (tertiary/aromatic N) is 2. The van der Waals surface area contributed by atoms with Gasteiger partial charge in [-0.05, 0) is 32.6 Å². The maximum atomic E-state index is 2.47. The Kier molecular flexibility index (Phi) is 3.39. The van der Waals surface area contributed by atoms with Crippen LogP contribution < -0.4 is 0 Å². The van der Waals surface area contributed by atoms with Crippen molar-refractivity contribution in [3.05, 3.63) is 35.9 Å². The predicted octanol–water partition coefficient (Wildman–Crippen LogP) is 1.82. The molecule has 1 saturated heterocycles. The second kappa shape index (κ2) is 4.77. The van der Waals surface area contributed by atoms with Gasteiger partial charge in [-0.15, -0.1) is 0 Å². The Morgan fingerprint density at radius 1 is 1.33 bits per heavy atom. The summed E-state index contributed by atoms with van der Waals surface area (Å²) < 4.78 is 0. The Hall–Kier alpha value is -0.860. The third-order valence-electron chi connectivity index (χ3n) is 3.26. The highest BCUT2D eigenvalue weighted by atomic mass is 15.2. The van der Waals surface area contributed by atoms with Crippen molar-refractivity contribution >= 4 is 0 Å². The summed E-state index contributed by atoms with van der Waals surface area (Å²) in [7, 11) is 4.44. The van der Waals surface area contributed by atoms with Gasteiger partial charge in [0.1, 0.15) is 0 Å². The number of likely N-dealkylation sites (tertiary alicyclic amines) is 1. The Labute approximate surface area is 92.5 Å². The highest BCUT2D eigenvalue weighted by Crippen LogP contribution is 2.14. The molecule has 2 nitrogen and oxygen atoms in total. The van der Waals surface area contributed by atoms with Gasteiger partial charge in [-0.1, -0.05) is 30.3 Å². The summed E-state index contributed by atoms with van der Waals surface area (Å²) in [6, 6.07) is 11.4. The number of hydrogen-bond acceptors (Lipinski definition) is 2. The van der Waals surface area contributed by atoms with Gasteiger partial charge >= 0.3 is 0 Å². The van der Waals surface area contributed by atoms with Gasteiger partial charge in [-0.2, -0.15) is 0 Å². The molecule has 0 unspecified atom stereocenters. The molecule has 0 N–H and O–H groups in total. The molecule has 0 aromatic heterocycles. The summed E-state index contributed by atoms with van der Waals surface area (Å²) >= 11 is 0. The van der Waals surface area contributed by atoms with Crippen LogP contribution in [0.1, 0.15) is 12.0 Å². The molecule has 1 aromatic carbocycles. The van der Waals surface area contributed by atoms with Gasteiger partial charge < -0.3 is 4.90 Å². The van der Waals surface area contributed by atoms with E-state index >= 15 is 0 Å². The smallest absolute Gasteiger partial charge is 0.0235 e. The predicted molar refractivity (Wildman–Crippen MR) is 63.8 cm³/mol. The molecule has 1 heterocycles. The van der Waals surface area contributed by atoms with Crippen molar-refractivity contribution in [2.45, 2.75) is 19.0 Å². The van der Waals surface area contributed by atoms with E-state index in [-0.39, 0.29) is 0 Å². The van der Waals surface area contributed by atoms with Crippen molar-refractivity contribution in [3.8, 4) is 0 Å². The lowest BCUT2D eigenvalue weighted by Gasteiger charge is -2.24. The quantitative estimate of drug-likeness (QED) is 0.741. The fourth-order valence-corrected chi connectivity index (χ4v) is 2.27. The summed E-state index contributed by atoms with van der Waals surface area (Å²) in [5.74, 6) is 0. The summed E-state index contributed by atoms with van der Waals surface area (Å²) in [6.45, 7) is 3.52. The molecular formula is C13H20N2. The van der Waals surface area contributed by atoms with E-state index < -0.39 is 0 Å². The van der Waals surface area contributed by atoms with Crippen molar-refractivity contribution in [2.75, 3.05) is 27.2 Å². The maximum Gasteiger partial charge on any atom is 0.0235 e. The standard InChI is InChI=1S/C13H20N2/c1-14-9-8-13(11-14)15(2)10-12-6-4-3-5-7-12/h3-7,13H,8-11H2,1-2H3/t13-/m0/s1. The summed E-state index contributed by atoms with van der Waals surface area (Å²) in [5.41, 5.74) is 1.41. The lowest BCUT2D eigenvalue weighted by molar-refractivity contribution is 0.234. The van der Waals surface area contributed by atoms with Gasteiger partial charge in [-0.3, -0.25) is 4.90 Å². The molecule has 1 atom stereocenters. The topological polar surface area (TPSA) is 6.48 Å². The van der Waals surface area contributed by atoms with E-state index in [2.05, 4.69) is 54.2 Å². The fraction of sp³-hybridized carbons (Fsp3) is 0.538. The number of rotatable bonds is 3. The molecule has 1 aliphatic rings. The average Bonchev–Trinajstić information content (AvgIpc) is 2.66. The van der Waals surface area contributed by atoms with Gasteiger partial charge in [0, 0.05) is 19.1 Å². The molecule has 15 heavy (non-hydrogen) atoms. The SMILES string of the molecule is CN1CC[C@H](N(C)Cc2ccccc2)C1. The van der Waals surface area contributed by atoms with Crippen LogP contribution in [0.2, 0.25) is 0 Å². The van der Waals surface area contributed by atoms with Crippen LogP contribution in [-0.4, -0.2) is 43.0 Å². The van der Waals surface area contributed by atoms with Gasteiger partial charge in [-0.25, -0.2) is 0 Å². The monoisotopic (exact) mass is 204 g/mol. The lowest BCUT2D eigenvalue weighted by atomic mass is 10.1. The van der Waals surface area contributed by atoms with Crippen molar-refractivity contribution in [2.24, 2.45) is 0 Å². The van der Waals surface area contributed by atoms with Gasteiger partial charge in [0.25, 0.3) is 0 Å². The summed E-state index contributed by atoms with van der Waals surface area (Å²) in [4.78, 5) is 4.88. The van der Waals surface area contributed by atoms with E-state index in [1.807, 2.05) is 0 Å². The van der Waals surface area contributed by atoms with E-state index in [9.17, 15) is 0 Å². The van der Waals surface area contributed by atoms with Crippen LogP contribution in [0, 0.1) is 0 Å². The lowest BCUT2D eigenvalue weighted by Crippen LogP contribution is -2.33. The highest BCUT2D eigenvalue weighted by molar-refractivity contribution is 5.14. The Bertz CT molecular complexity index is 297. The zero-order valence-corrected chi connectivity index (χ0v) is 9.69. The molecule has 1 aliphatic heterocycles. The first-order chi connectivity index (χ1) is 7.25. The van der Waals surface area contributed by atoms with E-state index in [0.717, 1.165) is 12.6 Å². The van der Waals surface area contributed by atoms with E-state index in [1.54, 1.807) is 0 Å². The molecule has 2 heteroatoms. The summed E-state index contributed by atoms with van der Waals surface area (Å²) in [6.07, 6.45) is 1.31. The molecule has 82 valence electrons. The molecule has 0 amide bonds. The van der Waals surface area contributed by atoms with Crippen LogP contribution in [0.25, 0.3) is 0 Å². The summed E-state index contributed by atoms with van der Waals surface area (Å²) in [5, 5.41) is 0. The van der Waals surface area contributed by atoms with Gasteiger partial charge in [0.15, 0.2) is 0 Å². The molecular weight excluding hydrogens is 184 g/mol. The molecule has 0 bridgehead atoms. The minimum atomic E-state index is 0.732. The molecule has 1 aromatic rings. The van der Waals surface area contributed by atoms with Gasteiger partial charge in [0.2, 0.25) is 0 Å². The molecule has 0 saturated carbocycles. The number of hydrogen-bond donors (Lipinski definition) is 0. The van der Waals surface area contributed by atoms with Crippen molar-refractivity contribution in [1.82, 2.24) is 9.80 Å². The van der Waals surface area contributed by atoms with E-state index in [1.165, 1.54) is 25.1 Å². The van der Waals surface area contributed by atoms with Crippen LogP contribution in [0.3, 0.4) is 0 Å². The first-order valence-corrected chi connectivity index (χ1v) is 5.68. The van der Waals surface area contributed by atoms with Crippen molar-refractivity contribution in [3.63, 3.8) is 0 Å².